The van der Waals surface area contributed by atoms with Gasteiger partial charge >= 0.3 is 0 Å². The van der Waals surface area contributed by atoms with Gasteiger partial charge in [0.25, 0.3) is 5.91 Å². The van der Waals surface area contributed by atoms with Gasteiger partial charge in [-0.15, -0.1) is 0 Å². The zero-order valence-corrected chi connectivity index (χ0v) is 21.3. The number of carbonyl (C=O) groups is 1. The number of rotatable bonds is 8. The lowest BCUT2D eigenvalue weighted by Crippen LogP contribution is -2.38. The molecule has 36 heavy (non-hydrogen) atoms. The summed E-state index contributed by atoms with van der Waals surface area (Å²) in [6, 6.07) is 6.06. The molecule has 0 aliphatic carbocycles. The van der Waals surface area contributed by atoms with Crippen molar-refractivity contribution in [3.8, 4) is 0 Å². The summed E-state index contributed by atoms with van der Waals surface area (Å²) in [6.45, 7) is 4.26. The third kappa shape index (κ3) is 5.98. The third-order valence-electron chi connectivity index (χ3n) is 7.00. The Balaban J connectivity index is 1.05. The van der Waals surface area contributed by atoms with Crippen LogP contribution in [0.3, 0.4) is 0 Å². The van der Waals surface area contributed by atoms with Gasteiger partial charge in [-0.05, 0) is 55.8 Å². The minimum Gasteiger partial charge on any atom is -0.350 e. The first kappa shape index (κ1) is 25.0. The molecule has 0 saturated carbocycles. The van der Waals surface area contributed by atoms with Gasteiger partial charge in [-0.25, -0.2) is 20.3 Å². The molecule has 2 aliphatic rings. The molecule has 2 aromatic heterocycles. The van der Waals surface area contributed by atoms with E-state index in [0.29, 0.717) is 24.0 Å². The average Bonchev–Trinajstić information content (AvgIpc) is 3.22. The molecule has 1 amide bonds. The van der Waals surface area contributed by atoms with Crippen molar-refractivity contribution in [2.45, 2.75) is 44.9 Å². The number of anilines is 1. The largest absolute Gasteiger partial charge is 0.350 e. The van der Waals surface area contributed by atoms with Gasteiger partial charge in [-0.1, -0.05) is 17.7 Å². The molecule has 1 unspecified atom stereocenters. The molecule has 1 aromatic carbocycles. The summed E-state index contributed by atoms with van der Waals surface area (Å²) in [5.41, 5.74) is 5.25. The van der Waals surface area contributed by atoms with Crippen molar-refractivity contribution in [3.05, 3.63) is 52.9 Å². The normalized spacial score (nSPS) is 19.1. The molecule has 0 radical (unpaired) electrons. The van der Waals surface area contributed by atoms with E-state index in [0.717, 1.165) is 68.8 Å². The van der Waals surface area contributed by atoms with E-state index < -0.39 is 0 Å². The Morgan fingerprint density at radius 3 is 2.75 bits per heavy atom. The van der Waals surface area contributed by atoms with Crippen LogP contribution in [0.2, 0.25) is 5.02 Å². The summed E-state index contributed by atoms with van der Waals surface area (Å²) in [7, 11) is 2.05. The zero-order valence-electron chi connectivity index (χ0n) is 20.6. The van der Waals surface area contributed by atoms with E-state index >= 15 is 0 Å². The molecule has 5 rings (SSSR count). The summed E-state index contributed by atoms with van der Waals surface area (Å²) in [6.07, 6.45) is 9.86. The van der Waals surface area contributed by atoms with Crippen molar-refractivity contribution >= 4 is 34.4 Å². The molecular weight excluding hydrogens is 480 g/mol. The fourth-order valence-electron chi connectivity index (χ4n) is 4.91. The first-order valence-corrected chi connectivity index (χ1v) is 13.0. The summed E-state index contributed by atoms with van der Waals surface area (Å²) in [4.78, 5) is 28.7. The molecule has 1 atom stereocenters. The second-order valence-corrected chi connectivity index (χ2v) is 10.0. The molecule has 2 aliphatic heterocycles. The number of hydrogen-bond acceptors (Lipinski definition) is 7. The molecule has 3 aromatic rings. The highest BCUT2D eigenvalue weighted by Crippen LogP contribution is 2.25. The van der Waals surface area contributed by atoms with E-state index in [1.807, 2.05) is 12.1 Å². The number of hydrogen-bond donors (Lipinski definition) is 2. The Hall–Kier alpha value is -2.72. The fraction of sp³-hybridized carbons (Fsp3) is 0.500. The molecule has 2 N–H and O–H groups in total. The number of nitrogens with one attached hydrogen (secondary N) is 2. The number of aromatic nitrogens is 3. The van der Waals surface area contributed by atoms with E-state index in [-0.39, 0.29) is 12.2 Å². The number of halogens is 1. The Morgan fingerprint density at radius 1 is 1.19 bits per heavy atom. The number of nitrogens with zero attached hydrogens (tertiary/aromatic N) is 4. The Labute approximate surface area is 216 Å². The van der Waals surface area contributed by atoms with Gasteiger partial charge in [0.1, 0.15) is 0 Å². The molecule has 0 spiro atoms. The summed E-state index contributed by atoms with van der Waals surface area (Å²) in [5, 5.41) is 5.64. The second-order valence-electron chi connectivity index (χ2n) is 9.60. The molecule has 9 nitrogen and oxygen atoms in total. The van der Waals surface area contributed by atoms with Crippen molar-refractivity contribution in [2.75, 3.05) is 31.1 Å². The van der Waals surface area contributed by atoms with Crippen LogP contribution in [0, 0.1) is 5.92 Å². The van der Waals surface area contributed by atoms with E-state index in [2.05, 4.69) is 49.5 Å². The van der Waals surface area contributed by atoms with E-state index in [9.17, 15) is 4.79 Å². The maximum atomic E-state index is 12.3. The number of carbonyl (C=O) groups excluding carboxylic acids is 1. The minimum absolute atomic E-state index is 0.365. The molecule has 10 heteroatoms. The highest BCUT2D eigenvalue weighted by atomic mass is 35.5. The molecule has 2 saturated heterocycles. The number of amides is 1. The lowest BCUT2D eigenvalue weighted by atomic mass is 9.97. The second kappa shape index (κ2) is 11.6. The third-order valence-corrected chi connectivity index (χ3v) is 7.24. The van der Waals surface area contributed by atoms with Crippen molar-refractivity contribution in [2.24, 2.45) is 13.0 Å². The maximum Gasteiger partial charge on any atom is 0.278 e. The van der Waals surface area contributed by atoms with Gasteiger partial charge < -0.3 is 19.5 Å². The van der Waals surface area contributed by atoms with Crippen LogP contribution in [0.15, 0.2) is 36.8 Å². The molecule has 4 heterocycles. The minimum atomic E-state index is -0.384. The standard InChI is InChI=1S/C26H33ClN6O3/c1-32-17-20(22-6-5-21(27)12-23(22)32)14-28-13-18-7-9-33(10-8-18)26-29-15-19(16-30-26)25(34)31-36-24-4-2-3-11-35-24/h5-6,12,15-18,24,28H,2-4,7-11,13-14H2,1H3,(H,31,34). The first-order chi connectivity index (χ1) is 17.6. The quantitative estimate of drug-likeness (QED) is 0.443. The zero-order chi connectivity index (χ0) is 24.9. The number of ether oxygens (including phenoxy) is 1. The van der Waals surface area contributed by atoms with Crippen LogP contribution in [-0.4, -0.2) is 53.0 Å². The van der Waals surface area contributed by atoms with Crippen molar-refractivity contribution in [3.63, 3.8) is 0 Å². The summed E-state index contributed by atoms with van der Waals surface area (Å²) < 4.78 is 7.58. The highest BCUT2D eigenvalue weighted by molar-refractivity contribution is 6.31. The van der Waals surface area contributed by atoms with Crippen LogP contribution in [0.25, 0.3) is 10.9 Å². The summed E-state index contributed by atoms with van der Waals surface area (Å²) >= 11 is 6.15. The molecule has 192 valence electrons. The van der Waals surface area contributed by atoms with Crippen LogP contribution in [-0.2, 0) is 23.2 Å². The van der Waals surface area contributed by atoms with Crippen molar-refractivity contribution in [1.29, 1.82) is 0 Å². The number of hydroxylamine groups is 1. The van der Waals surface area contributed by atoms with E-state index in [1.54, 1.807) is 12.4 Å². The van der Waals surface area contributed by atoms with Crippen molar-refractivity contribution in [1.82, 2.24) is 25.3 Å². The van der Waals surface area contributed by atoms with Crippen LogP contribution < -0.4 is 15.7 Å². The van der Waals surface area contributed by atoms with Crippen LogP contribution in [0.5, 0.6) is 0 Å². The number of fused-ring (bicyclic) bond motifs is 1. The van der Waals surface area contributed by atoms with Gasteiger partial charge in [0.05, 0.1) is 5.56 Å². The number of piperidine rings is 1. The van der Waals surface area contributed by atoms with Gasteiger partial charge in [0.2, 0.25) is 5.95 Å². The number of benzene rings is 1. The Kier molecular flexibility index (Phi) is 8.01. The highest BCUT2D eigenvalue weighted by Gasteiger charge is 2.22. The van der Waals surface area contributed by atoms with Crippen molar-refractivity contribution < 1.29 is 14.4 Å². The lowest BCUT2D eigenvalue weighted by Gasteiger charge is -2.32. The topological polar surface area (TPSA) is 93.5 Å². The van der Waals surface area contributed by atoms with Gasteiger partial charge in [0.15, 0.2) is 6.29 Å². The van der Waals surface area contributed by atoms with E-state index in [4.69, 9.17) is 21.2 Å². The van der Waals surface area contributed by atoms with Crippen LogP contribution >= 0.6 is 11.6 Å². The van der Waals surface area contributed by atoms with Crippen LogP contribution in [0.4, 0.5) is 5.95 Å². The molecule has 2 fully saturated rings. The monoisotopic (exact) mass is 512 g/mol. The lowest BCUT2D eigenvalue weighted by molar-refractivity contribution is -0.186. The first-order valence-electron chi connectivity index (χ1n) is 12.7. The van der Waals surface area contributed by atoms with Gasteiger partial charge in [-0.2, -0.15) is 0 Å². The SMILES string of the molecule is Cn1cc(CNCC2CCN(c3ncc(C(=O)NOC4CCCCO4)cn3)CC2)c2ccc(Cl)cc21. The average molecular weight is 513 g/mol. The summed E-state index contributed by atoms with van der Waals surface area (Å²) in [5.74, 6) is 0.897. The maximum absolute atomic E-state index is 12.3. The molecular formula is C26H33ClN6O3. The van der Waals surface area contributed by atoms with Crippen LogP contribution in [0.1, 0.15) is 48.0 Å². The Morgan fingerprint density at radius 2 is 2.00 bits per heavy atom. The Bertz CT molecular complexity index is 1170. The smallest absolute Gasteiger partial charge is 0.278 e. The number of aryl methyl sites for hydroxylation is 1. The predicted molar refractivity (Wildman–Crippen MR) is 139 cm³/mol. The fourth-order valence-corrected chi connectivity index (χ4v) is 5.08. The van der Waals surface area contributed by atoms with Gasteiger partial charge in [-0.3, -0.25) is 4.79 Å². The van der Waals surface area contributed by atoms with E-state index in [1.165, 1.54) is 10.9 Å². The van der Waals surface area contributed by atoms with Gasteiger partial charge in [0, 0.05) is 74.2 Å². The predicted octanol–water partition coefficient (Wildman–Crippen LogP) is 3.82. The molecule has 0 bridgehead atoms.